The monoisotopic (exact) mass is 2590 g/mol. The molecule has 775 valence electrons. The van der Waals surface area contributed by atoms with Crippen LogP contribution in [0.25, 0.3) is 67.5 Å². The molecule has 0 aliphatic rings. The van der Waals surface area contributed by atoms with Crippen LogP contribution in [0.3, 0.4) is 0 Å². The fourth-order valence-corrected chi connectivity index (χ4v) is 29.4. The Balaban J connectivity index is 0.000000195. The van der Waals surface area contributed by atoms with E-state index in [1.54, 1.807) is 18.6 Å². The van der Waals surface area contributed by atoms with Gasteiger partial charge < -0.3 is 39.0 Å². The maximum atomic E-state index is 14.8. The predicted octanol–water partition coefficient (Wildman–Crippen LogP) is 28.1. The summed E-state index contributed by atoms with van der Waals surface area (Å²) in [7, 11) is -10.6. The van der Waals surface area contributed by atoms with E-state index in [0.717, 1.165) is 119 Å². The van der Waals surface area contributed by atoms with Gasteiger partial charge in [0.2, 0.25) is 6.71 Å². The molecular formula is C133H143BIr3N6O2P2Si3-6. The van der Waals surface area contributed by atoms with Crippen molar-refractivity contribution in [3.8, 4) is 67.5 Å². The number of unbranched alkanes of at least 4 members (excludes halogenated alkanes) is 6. The van der Waals surface area contributed by atoms with Crippen LogP contribution in [-0.2, 0) is 88.7 Å². The first-order valence-corrected chi connectivity index (χ1v) is 66.1. The minimum atomic E-state index is -3.04. The second-order valence-electron chi connectivity index (χ2n) is 41.2. The van der Waals surface area contributed by atoms with Crippen LogP contribution in [0.1, 0.15) is 134 Å². The van der Waals surface area contributed by atoms with Gasteiger partial charge in [0, 0.05) is 119 Å². The number of aryl methyl sites for hydroxylation is 8. The number of rotatable bonds is 30. The first-order valence-electron chi connectivity index (χ1n) is 52.2. The molecule has 18 aromatic rings. The molecule has 18 rings (SSSR count). The second kappa shape index (κ2) is 58.5. The third-order valence-electron chi connectivity index (χ3n) is 27.0. The van der Waals surface area contributed by atoms with E-state index in [1.807, 2.05) is 285 Å². The minimum Gasteiger partial charge on any atom is -0.310 e. The second-order valence-corrected chi connectivity index (χ2v) is 61.9. The Morgan fingerprint density at radius 1 is 0.260 bits per heavy atom. The van der Waals surface area contributed by atoms with E-state index in [2.05, 4.69) is 253 Å². The van der Waals surface area contributed by atoms with Gasteiger partial charge in [0.25, 0.3) is 0 Å². The van der Waals surface area contributed by atoms with Gasteiger partial charge in [-0.15, -0.1) is 197 Å². The average molecular weight is 2590 g/mol. The molecule has 0 spiro atoms. The topological polar surface area (TPSA) is 111 Å². The summed E-state index contributed by atoms with van der Waals surface area (Å²) in [6.45, 7) is 44.4. The minimum absolute atomic E-state index is 0. The van der Waals surface area contributed by atoms with E-state index in [4.69, 9.17) is 15.0 Å². The Bertz CT molecular complexity index is 6940. The molecule has 3 radical (unpaired) electrons. The van der Waals surface area contributed by atoms with Crippen molar-refractivity contribution >= 4 is 109 Å². The number of aromatic nitrogens is 6. The summed E-state index contributed by atoms with van der Waals surface area (Å²) < 4.78 is 29.6. The molecule has 0 bridgehead atoms. The SMILES string of the molecule is CCCCCCc1cc(-c2[c-]ccc(P(=O)(c3ccccc3)c3ccccc3)c2)ncc1[Si](C)(C)C.CCCCCc1cc(-c2[c-]ccc(B(c3c(C)cc(C)cc3C)c3c(C)cc(C)c(C)c3C)c2)ncc1[Si](C)(C)C.CCCCc1cc(-c2[c-]ccc(P(=O)(c3ccccc3)c3ccccc3)c2)ncc1[Si](C)(C)C.[Ir].[Ir].[Ir].[c-]1ccccc1-c1ccccn1.[c-]1ccccc1-c1ccccn1.[c-]1ccccc1-c1ccccn1. The van der Waals surface area contributed by atoms with Gasteiger partial charge in [-0.3, -0.25) is 0 Å². The van der Waals surface area contributed by atoms with Crippen LogP contribution in [0.4, 0.5) is 0 Å². The van der Waals surface area contributed by atoms with Crippen LogP contribution in [-0.4, -0.2) is 60.8 Å². The molecule has 12 aromatic carbocycles. The molecule has 0 fully saturated rings. The molecule has 6 heterocycles. The molecule has 0 amide bonds. The predicted molar refractivity (Wildman–Crippen MR) is 639 cm³/mol. The van der Waals surface area contributed by atoms with E-state index < -0.39 is 38.5 Å². The van der Waals surface area contributed by atoms with Crippen LogP contribution in [0.2, 0.25) is 58.9 Å². The van der Waals surface area contributed by atoms with E-state index in [-0.39, 0.29) is 67.0 Å². The van der Waals surface area contributed by atoms with Crippen molar-refractivity contribution in [1.29, 1.82) is 0 Å². The maximum Gasteiger partial charge on any atom is 0.224 e. The van der Waals surface area contributed by atoms with Crippen molar-refractivity contribution in [3.05, 3.63) is 469 Å². The zero-order valence-corrected chi connectivity index (χ0v) is 103. The van der Waals surface area contributed by atoms with Crippen molar-refractivity contribution in [1.82, 2.24) is 29.9 Å². The van der Waals surface area contributed by atoms with Crippen LogP contribution in [0.5, 0.6) is 0 Å². The molecule has 0 aliphatic heterocycles. The van der Waals surface area contributed by atoms with Crippen LogP contribution in [0.15, 0.2) is 377 Å². The maximum absolute atomic E-state index is 14.8. The quantitative estimate of drug-likeness (QED) is 0.0189. The first kappa shape index (κ1) is 121. The number of benzene rings is 12. The average Bonchev–Trinajstić information content (AvgIpc) is 0.766. The molecule has 0 unspecified atom stereocenters. The summed E-state index contributed by atoms with van der Waals surface area (Å²) in [6.07, 6.45) is 26.1. The van der Waals surface area contributed by atoms with Crippen molar-refractivity contribution in [2.24, 2.45) is 0 Å². The molecule has 150 heavy (non-hydrogen) atoms. The summed E-state index contributed by atoms with van der Waals surface area (Å²) >= 11 is 0. The number of hydrogen-bond acceptors (Lipinski definition) is 8. The van der Waals surface area contributed by atoms with E-state index in [0.29, 0.717) is 0 Å². The Labute approximate surface area is 941 Å². The Kier molecular flexibility index (Phi) is 47.0. The van der Waals surface area contributed by atoms with Gasteiger partial charge in [-0.25, -0.2) is 0 Å². The van der Waals surface area contributed by atoms with Gasteiger partial charge in [0.1, 0.15) is 0 Å². The Morgan fingerprint density at radius 2 is 0.567 bits per heavy atom. The van der Waals surface area contributed by atoms with E-state index in [1.165, 1.54) is 145 Å². The Hall–Kier alpha value is -11.3. The molecule has 17 heteroatoms. The van der Waals surface area contributed by atoms with Gasteiger partial charge in [0.15, 0.2) is 14.3 Å². The summed E-state index contributed by atoms with van der Waals surface area (Å²) in [6, 6.07) is 133. The summed E-state index contributed by atoms with van der Waals surface area (Å²) in [5, 5.41) is 9.35. The summed E-state index contributed by atoms with van der Waals surface area (Å²) in [5.74, 6) is 0. The third-order valence-corrected chi connectivity index (χ3v) is 39.3. The van der Waals surface area contributed by atoms with Crippen molar-refractivity contribution < 1.29 is 69.4 Å². The fraction of sp³-hybridized carbons (Fsp3) is 0.233. The van der Waals surface area contributed by atoms with Crippen molar-refractivity contribution in [2.75, 3.05) is 0 Å². The molecule has 0 atom stereocenters. The first-order chi connectivity index (χ1) is 70.9. The number of pyridine rings is 6. The van der Waals surface area contributed by atoms with Crippen molar-refractivity contribution in [3.63, 3.8) is 0 Å². The van der Waals surface area contributed by atoms with Crippen LogP contribution >= 0.6 is 14.3 Å². The van der Waals surface area contributed by atoms with Gasteiger partial charge in [0.05, 0.1) is 24.2 Å². The number of nitrogens with zero attached hydrogens (tertiary/aromatic N) is 6. The van der Waals surface area contributed by atoms with Crippen molar-refractivity contribution in [2.45, 2.75) is 205 Å². The molecule has 8 nitrogen and oxygen atoms in total. The fourth-order valence-electron chi connectivity index (χ4n) is 19.2. The third kappa shape index (κ3) is 32.4. The largest absolute Gasteiger partial charge is 0.310 e. The zero-order valence-electron chi connectivity index (χ0n) is 90.8. The molecule has 0 aliphatic carbocycles. The molecule has 0 saturated carbocycles. The molecular weight excluding hydrogens is 2450 g/mol. The van der Waals surface area contributed by atoms with Gasteiger partial charge in [-0.2, -0.15) is 5.46 Å². The molecule has 0 N–H and O–H groups in total. The van der Waals surface area contributed by atoms with Gasteiger partial charge in [-0.05, 0) is 166 Å². The van der Waals surface area contributed by atoms with E-state index in [9.17, 15) is 9.13 Å². The van der Waals surface area contributed by atoms with Gasteiger partial charge in [-0.1, -0.05) is 378 Å². The molecule has 0 saturated heterocycles. The van der Waals surface area contributed by atoms with Crippen LogP contribution < -0.4 is 63.8 Å². The van der Waals surface area contributed by atoms with Crippen LogP contribution in [0, 0.1) is 84.9 Å². The van der Waals surface area contributed by atoms with E-state index >= 15 is 0 Å². The number of hydrogen-bond donors (Lipinski definition) is 0. The smallest absolute Gasteiger partial charge is 0.224 e. The standard InChI is InChI=1S/C38H49BNSi.C32H37NOPSi.C30H33NOPSi.3C11H8N.3Ir/c1-12-13-14-16-33-23-35(40-24-36(33)41(9,10)11)32-17-15-18-34(22-32)39(37-27(4)19-25(2)20-28(37)5)38-29(6)21-26(3)30(7)31(38)8;1-5-6-7-10-16-27-24-31(33-25-32(27)36(2,3)4)26-17-15-22-30(23-26)35(34,28-18-11-8-12-19-28)29-20-13-9-14-21-29;1-5-6-14-25-22-29(31-23-30(25)34(2,3)4)24-15-13-20-28(21-24)33(32,26-16-9-7-10-17-26)27-18-11-8-12-19-27;3*1-2-6-10(7-3-1)11-8-4-5-9-12-11;;;/h15,18-24H,12-14,16H2,1-11H3;8-9,11-15,18-25H,5-7,10,16H2,1-4H3;7-13,16-23H,5-6,14H2,1-4H3;3*1-6,8-9H;;;/q6*-1;;;. The summed E-state index contributed by atoms with van der Waals surface area (Å²) in [5.41, 5.74) is 29.8. The summed E-state index contributed by atoms with van der Waals surface area (Å²) in [4.78, 5) is 27.5. The molecule has 6 aromatic heterocycles. The normalized spacial score (nSPS) is 11.1. The van der Waals surface area contributed by atoms with Gasteiger partial charge >= 0.3 is 0 Å². The zero-order chi connectivity index (χ0) is 105. The Morgan fingerprint density at radius 3 is 0.893 bits per heavy atom.